The van der Waals surface area contributed by atoms with Crippen molar-refractivity contribution in [3.63, 3.8) is 0 Å². The summed E-state index contributed by atoms with van der Waals surface area (Å²) in [5.74, 6) is 1.95. The van der Waals surface area contributed by atoms with Crippen molar-refractivity contribution < 1.29 is 14.6 Å². The number of hydrogen-bond donors (Lipinski definition) is 1. The average Bonchev–Trinajstić information content (AvgIpc) is 2.76. The van der Waals surface area contributed by atoms with Crippen molar-refractivity contribution in [1.29, 1.82) is 0 Å². The SMILES string of the molecule is OCc1nncn1-c1ccc2c(c1)OCCCO2. The Balaban J connectivity index is 2.01. The van der Waals surface area contributed by atoms with Gasteiger partial charge in [-0.2, -0.15) is 0 Å². The second-order valence-electron chi connectivity index (χ2n) is 3.96. The molecule has 94 valence electrons. The first-order valence-electron chi connectivity index (χ1n) is 5.78. The predicted molar refractivity (Wildman–Crippen MR) is 62.9 cm³/mol. The molecule has 0 radical (unpaired) electrons. The van der Waals surface area contributed by atoms with Crippen LogP contribution in [0.1, 0.15) is 12.2 Å². The van der Waals surface area contributed by atoms with E-state index >= 15 is 0 Å². The Morgan fingerprint density at radius 1 is 1.22 bits per heavy atom. The fourth-order valence-electron chi connectivity index (χ4n) is 1.88. The van der Waals surface area contributed by atoms with Gasteiger partial charge in [-0.3, -0.25) is 4.57 Å². The molecule has 6 nitrogen and oxygen atoms in total. The van der Waals surface area contributed by atoms with E-state index in [9.17, 15) is 5.11 Å². The third-order valence-electron chi connectivity index (χ3n) is 2.77. The van der Waals surface area contributed by atoms with Gasteiger partial charge in [0.05, 0.1) is 18.9 Å². The highest BCUT2D eigenvalue weighted by Gasteiger charge is 2.12. The Kier molecular flexibility index (Phi) is 2.85. The summed E-state index contributed by atoms with van der Waals surface area (Å²) in [6.07, 6.45) is 2.43. The number of aromatic nitrogens is 3. The van der Waals surface area contributed by atoms with Gasteiger partial charge in [0.2, 0.25) is 0 Å². The van der Waals surface area contributed by atoms with Gasteiger partial charge in [0.25, 0.3) is 0 Å². The normalized spacial score (nSPS) is 14.3. The molecule has 2 heterocycles. The fraction of sp³-hybridized carbons (Fsp3) is 0.333. The maximum absolute atomic E-state index is 9.17. The average molecular weight is 247 g/mol. The van der Waals surface area contributed by atoms with Gasteiger partial charge in [-0.1, -0.05) is 0 Å². The zero-order valence-electron chi connectivity index (χ0n) is 9.74. The van der Waals surface area contributed by atoms with Crippen LogP contribution in [0.5, 0.6) is 11.5 Å². The largest absolute Gasteiger partial charge is 0.490 e. The number of fused-ring (bicyclic) bond motifs is 1. The van der Waals surface area contributed by atoms with E-state index in [1.807, 2.05) is 18.2 Å². The Morgan fingerprint density at radius 3 is 2.89 bits per heavy atom. The summed E-state index contributed by atoms with van der Waals surface area (Å²) < 4.78 is 12.9. The van der Waals surface area contributed by atoms with Gasteiger partial charge in [-0.15, -0.1) is 10.2 Å². The third-order valence-corrected chi connectivity index (χ3v) is 2.77. The van der Waals surface area contributed by atoms with Crippen LogP contribution >= 0.6 is 0 Å². The first-order valence-corrected chi connectivity index (χ1v) is 5.78. The van der Waals surface area contributed by atoms with E-state index < -0.39 is 0 Å². The van der Waals surface area contributed by atoms with Crippen LogP contribution in [-0.2, 0) is 6.61 Å². The number of rotatable bonds is 2. The number of aliphatic hydroxyl groups excluding tert-OH is 1. The van der Waals surface area contributed by atoms with Gasteiger partial charge in [0.15, 0.2) is 17.3 Å². The number of aliphatic hydroxyl groups is 1. The first kappa shape index (κ1) is 11.0. The van der Waals surface area contributed by atoms with Crippen LogP contribution in [0.4, 0.5) is 0 Å². The molecule has 0 saturated carbocycles. The molecule has 0 aliphatic carbocycles. The highest BCUT2D eigenvalue weighted by molar-refractivity contribution is 5.49. The monoisotopic (exact) mass is 247 g/mol. The molecule has 18 heavy (non-hydrogen) atoms. The molecule has 1 aromatic heterocycles. The summed E-state index contributed by atoms with van der Waals surface area (Å²) in [4.78, 5) is 0. The number of ether oxygens (including phenoxy) is 2. The summed E-state index contributed by atoms with van der Waals surface area (Å²) in [5, 5.41) is 16.8. The summed E-state index contributed by atoms with van der Waals surface area (Å²) in [6.45, 7) is 1.15. The van der Waals surface area contributed by atoms with Gasteiger partial charge in [-0.25, -0.2) is 0 Å². The van der Waals surface area contributed by atoms with E-state index in [2.05, 4.69) is 10.2 Å². The van der Waals surface area contributed by atoms with E-state index in [0.29, 0.717) is 24.8 Å². The van der Waals surface area contributed by atoms with Crippen molar-refractivity contribution in [3.8, 4) is 17.2 Å². The molecule has 1 N–H and O–H groups in total. The van der Waals surface area contributed by atoms with Gasteiger partial charge < -0.3 is 14.6 Å². The summed E-state index contributed by atoms with van der Waals surface area (Å²) >= 11 is 0. The predicted octanol–water partition coefficient (Wildman–Crippen LogP) is 0.921. The van der Waals surface area contributed by atoms with Gasteiger partial charge >= 0.3 is 0 Å². The van der Waals surface area contributed by atoms with Gasteiger partial charge in [0, 0.05) is 12.5 Å². The highest BCUT2D eigenvalue weighted by atomic mass is 16.5. The van der Waals surface area contributed by atoms with Crippen molar-refractivity contribution in [2.45, 2.75) is 13.0 Å². The lowest BCUT2D eigenvalue weighted by Crippen LogP contribution is -2.01. The molecule has 0 fully saturated rings. The van der Waals surface area contributed by atoms with Crippen LogP contribution in [0, 0.1) is 0 Å². The van der Waals surface area contributed by atoms with Crippen molar-refractivity contribution in [3.05, 3.63) is 30.4 Å². The minimum atomic E-state index is -0.158. The standard InChI is InChI=1S/C12H13N3O3/c16-7-12-14-13-8-15(12)9-2-3-10-11(6-9)18-5-1-4-17-10/h2-3,6,8,16H,1,4-5,7H2. The quantitative estimate of drug-likeness (QED) is 0.854. The number of nitrogens with zero attached hydrogens (tertiary/aromatic N) is 3. The maximum Gasteiger partial charge on any atom is 0.163 e. The van der Waals surface area contributed by atoms with Crippen molar-refractivity contribution in [2.75, 3.05) is 13.2 Å². The van der Waals surface area contributed by atoms with Crippen molar-refractivity contribution >= 4 is 0 Å². The lowest BCUT2D eigenvalue weighted by molar-refractivity contribution is 0.269. The van der Waals surface area contributed by atoms with Crippen LogP contribution in [0.25, 0.3) is 5.69 Å². The van der Waals surface area contributed by atoms with E-state index in [-0.39, 0.29) is 6.61 Å². The molecule has 0 atom stereocenters. The molecule has 1 aliphatic rings. The second kappa shape index (κ2) is 4.66. The molecular weight excluding hydrogens is 234 g/mol. The Labute approximate surface area is 104 Å². The van der Waals surface area contributed by atoms with E-state index in [4.69, 9.17) is 9.47 Å². The Bertz CT molecular complexity index is 553. The second-order valence-corrected chi connectivity index (χ2v) is 3.96. The van der Waals surface area contributed by atoms with Crippen LogP contribution in [-0.4, -0.2) is 33.1 Å². The Morgan fingerprint density at radius 2 is 2.06 bits per heavy atom. The fourth-order valence-corrected chi connectivity index (χ4v) is 1.88. The maximum atomic E-state index is 9.17. The lowest BCUT2D eigenvalue weighted by Gasteiger charge is -2.10. The minimum Gasteiger partial charge on any atom is -0.490 e. The zero-order chi connectivity index (χ0) is 12.4. The van der Waals surface area contributed by atoms with Crippen molar-refractivity contribution in [2.24, 2.45) is 0 Å². The Hall–Kier alpha value is -2.08. The molecule has 6 heteroatoms. The summed E-state index contributed by atoms with van der Waals surface area (Å²) in [7, 11) is 0. The number of benzene rings is 1. The zero-order valence-corrected chi connectivity index (χ0v) is 9.74. The van der Waals surface area contributed by atoms with Crippen LogP contribution in [0.2, 0.25) is 0 Å². The van der Waals surface area contributed by atoms with E-state index in [1.54, 1.807) is 10.9 Å². The molecule has 0 amide bonds. The molecule has 2 aromatic rings. The minimum absolute atomic E-state index is 0.158. The van der Waals surface area contributed by atoms with Crippen molar-refractivity contribution in [1.82, 2.24) is 14.8 Å². The third kappa shape index (κ3) is 1.91. The summed E-state index contributed by atoms with van der Waals surface area (Å²) in [6, 6.07) is 5.61. The molecule has 0 bridgehead atoms. The van der Waals surface area contributed by atoms with Crippen LogP contribution in [0.3, 0.4) is 0 Å². The van der Waals surface area contributed by atoms with Crippen LogP contribution < -0.4 is 9.47 Å². The van der Waals surface area contributed by atoms with Crippen LogP contribution in [0.15, 0.2) is 24.5 Å². The first-order chi connectivity index (χ1) is 8.88. The highest BCUT2D eigenvalue weighted by Crippen LogP contribution is 2.31. The molecular formula is C12H13N3O3. The topological polar surface area (TPSA) is 69.4 Å². The molecule has 0 spiro atoms. The smallest absolute Gasteiger partial charge is 0.163 e. The van der Waals surface area contributed by atoms with E-state index in [0.717, 1.165) is 17.9 Å². The molecule has 1 aliphatic heterocycles. The molecule has 0 saturated heterocycles. The molecule has 3 rings (SSSR count). The van der Waals surface area contributed by atoms with Gasteiger partial charge in [-0.05, 0) is 12.1 Å². The van der Waals surface area contributed by atoms with E-state index in [1.165, 1.54) is 0 Å². The molecule has 0 unspecified atom stereocenters. The summed E-state index contributed by atoms with van der Waals surface area (Å²) in [5.41, 5.74) is 0.841. The number of hydrogen-bond acceptors (Lipinski definition) is 5. The molecule has 1 aromatic carbocycles. The lowest BCUT2D eigenvalue weighted by atomic mass is 10.2. The van der Waals surface area contributed by atoms with Gasteiger partial charge in [0.1, 0.15) is 12.9 Å².